The van der Waals surface area contributed by atoms with Crippen molar-refractivity contribution < 1.29 is 14.3 Å². The van der Waals surface area contributed by atoms with Crippen LogP contribution < -0.4 is 10.1 Å². The molecule has 0 spiro atoms. The number of rotatable bonds is 10. The molecule has 2 rings (SSSR count). The quantitative estimate of drug-likeness (QED) is 0.524. The van der Waals surface area contributed by atoms with Crippen LogP contribution >= 0.6 is 27.7 Å². The zero-order valence-corrected chi connectivity index (χ0v) is 20.3. The lowest BCUT2D eigenvalue weighted by atomic mass is 10.1. The van der Waals surface area contributed by atoms with Gasteiger partial charge in [-0.05, 0) is 56.2 Å². The standard InChI is InChI=1S/C23H29BrN2O3S/c1-16(2)25-23(28)17(3)26(13-18-7-11-21(29-4)12-8-18)22(27)15-30-14-19-5-9-20(24)10-6-19/h5-12,16-17H,13-15H2,1-4H3,(H,25,28)/t17-/m0/s1. The molecule has 1 N–H and O–H groups in total. The van der Waals surface area contributed by atoms with Crippen LogP contribution in [0.3, 0.4) is 0 Å². The lowest BCUT2D eigenvalue weighted by Gasteiger charge is -2.29. The molecule has 0 bridgehead atoms. The highest BCUT2D eigenvalue weighted by Gasteiger charge is 2.26. The SMILES string of the molecule is COc1ccc(CN(C(=O)CSCc2ccc(Br)cc2)[C@@H](C)C(=O)NC(C)C)cc1. The second-order valence-corrected chi connectivity index (χ2v) is 9.23. The molecule has 30 heavy (non-hydrogen) atoms. The van der Waals surface area contributed by atoms with E-state index < -0.39 is 6.04 Å². The Morgan fingerprint density at radius 2 is 1.63 bits per heavy atom. The maximum atomic E-state index is 13.0. The van der Waals surface area contributed by atoms with Crippen LogP contribution in [-0.4, -0.2) is 41.7 Å². The number of hydrogen-bond donors (Lipinski definition) is 1. The van der Waals surface area contributed by atoms with E-state index in [2.05, 4.69) is 21.2 Å². The molecular weight excluding hydrogens is 464 g/mol. The van der Waals surface area contributed by atoms with Crippen LogP contribution in [0.5, 0.6) is 5.75 Å². The summed E-state index contributed by atoms with van der Waals surface area (Å²) in [6.45, 7) is 5.97. The van der Waals surface area contributed by atoms with E-state index in [9.17, 15) is 9.59 Å². The van der Waals surface area contributed by atoms with Crippen molar-refractivity contribution in [2.75, 3.05) is 12.9 Å². The van der Waals surface area contributed by atoms with Crippen LogP contribution in [0.2, 0.25) is 0 Å². The summed E-state index contributed by atoms with van der Waals surface area (Å²) >= 11 is 4.98. The van der Waals surface area contributed by atoms with Crippen molar-refractivity contribution in [3.05, 3.63) is 64.1 Å². The Kier molecular flexibility index (Phi) is 9.72. The highest BCUT2D eigenvalue weighted by Crippen LogP contribution is 2.19. The van der Waals surface area contributed by atoms with Gasteiger partial charge in [0.05, 0.1) is 12.9 Å². The van der Waals surface area contributed by atoms with E-state index in [1.54, 1.807) is 30.7 Å². The number of nitrogens with one attached hydrogen (secondary N) is 1. The van der Waals surface area contributed by atoms with Gasteiger partial charge in [-0.1, -0.05) is 40.2 Å². The van der Waals surface area contributed by atoms with E-state index in [4.69, 9.17) is 4.74 Å². The first-order chi connectivity index (χ1) is 14.3. The van der Waals surface area contributed by atoms with Gasteiger partial charge >= 0.3 is 0 Å². The van der Waals surface area contributed by atoms with Gasteiger partial charge in [0, 0.05) is 22.8 Å². The van der Waals surface area contributed by atoms with Crippen molar-refractivity contribution in [1.82, 2.24) is 10.2 Å². The molecule has 0 aromatic heterocycles. The third-order valence-electron chi connectivity index (χ3n) is 4.52. The van der Waals surface area contributed by atoms with Gasteiger partial charge in [0.15, 0.2) is 0 Å². The summed E-state index contributed by atoms with van der Waals surface area (Å²) in [5.41, 5.74) is 2.11. The summed E-state index contributed by atoms with van der Waals surface area (Å²) in [5, 5.41) is 2.91. The van der Waals surface area contributed by atoms with E-state index in [1.807, 2.05) is 62.4 Å². The molecule has 5 nitrogen and oxygen atoms in total. The van der Waals surface area contributed by atoms with Crippen LogP contribution in [0.15, 0.2) is 53.0 Å². The van der Waals surface area contributed by atoms with E-state index in [-0.39, 0.29) is 17.9 Å². The van der Waals surface area contributed by atoms with E-state index in [0.717, 1.165) is 27.1 Å². The zero-order valence-electron chi connectivity index (χ0n) is 17.9. The molecule has 0 fully saturated rings. The molecule has 2 amide bonds. The fourth-order valence-corrected chi connectivity index (χ4v) is 3.97. The molecule has 7 heteroatoms. The summed E-state index contributed by atoms with van der Waals surface area (Å²) in [4.78, 5) is 27.3. The van der Waals surface area contributed by atoms with Crippen LogP contribution in [-0.2, 0) is 21.9 Å². The number of methoxy groups -OCH3 is 1. The highest BCUT2D eigenvalue weighted by atomic mass is 79.9. The van der Waals surface area contributed by atoms with Gasteiger partial charge in [0.1, 0.15) is 11.8 Å². The summed E-state index contributed by atoms with van der Waals surface area (Å²) in [5.74, 6) is 1.60. The van der Waals surface area contributed by atoms with Crippen molar-refractivity contribution >= 4 is 39.5 Å². The zero-order chi connectivity index (χ0) is 22.1. The Bertz CT molecular complexity index is 825. The summed E-state index contributed by atoms with van der Waals surface area (Å²) in [6, 6.07) is 15.1. The fraction of sp³-hybridized carbons (Fsp3) is 0.391. The lowest BCUT2D eigenvalue weighted by Crippen LogP contribution is -2.49. The van der Waals surface area contributed by atoms with Gasteiger partial charge in [-0.15, -0.1) is 11.8 Å². The number of thioether (sulfide) groups is 1. The molecule has 0 heterocycles. The first kappa shape index (κ1) is 24.3. The minimum atomic E-state index is -0.560. The van der Waals surface area contributed by atoms with E-state index >= 15 is 0 Å². The number of halogens is 1. The van der Waals surface area contributed by atoms with Gasteiger partial charge in [0.2, 0.25) is 11.8 Å². The minimum absolute atomic E-state index is 0.0182. The smallest absolute Gasteiger partial charge is 0.242 e. The molecular formula is C23H29BrN2O3S. The van der Waals surface area contributed by atoms with Gasteiger partial charge in [-0.25, -0.2) is 0 Å². The van der Waals surface area contributed by atoms with Crippen LogP contribution in [0.4, 0.5) is 0 Å². The van der Waals surface area contributed by atoms with Gasteiger partial charge in [-0.3, -0.25) is 9.59 Å². The lowest BCUT2D eigenvalue weighted by molar-refractivity contribution is -0.138. The topological polar surface area (TPSA) is 58.6 Å². The predicted octanol–water partition coefficient (Wildman–Crippen LogP) is 4.63. The van der Waals surface area contributed by atoms with Crippen LogP contribution in [0, 0.1) is 0 Å². The average Bonchev–Trinajstić information content (AvgIpc) is 2.72. The summed E-state index contributed by atoms with van der Waals surface area (Å²) in [7, 11) is 1.62. The number of ether oxygens (including phenoxy) is 1. The van der Waals surface area contributed by atoms with Crippen molar-refractivity contribution in [3.63, 3.8) is 0 Å². The van der Waals surface area contributed by atoms with Crippen molar-refractivity contribution in [3.8, 4) is 5.75 Å². The Hall–Kier alpha value is -1.99. The Morgan fingerprint density at radius 3 is 2.20 bits per heavy atom. The largest absolute Gasteiger partial charge is 0.497 e. The monoisotopic (exact) mass is 492 g/mol. The average molecular weight is 493 g/mol. The minimum Gasteiger partial charge on any atom is -0.497 e. The molecule has 0 unspecified atom stereocenters. The van der Waals surface area contributed by atoms with Crippen LogP contribution in [0.25, 0.3) is 0 Å². The Balaban J connectivity index is 2.06. The Morgan fingerprint density at radius 1 is 1.03 bits per heavy atom. The van der Waals surface area contributed by atoms with Gasteiger partial charge in [-0.2, -0.15) is 0 Å². The fourth-order valence-electron chi connectivity index (χ4n) is 2.84. The summed E-state index contributed by atoms with van der Waals surface area (Å²) in [6.07, 6.45) is 0. The molecule has 0 saturated carbocycles. The third kappa shape index (κ3) is 7.69. The number of benzene rings is 2. The van der Waals surface area contributed by atoms with Gasteiger partial charge < -0.3 is 15.0 Å². The maximum Gasteiger partial charge on any atom is 0.242 e. The number of carbonyl (C=O) groups is 2. The molecule has 0 saturated heterocycles. The number of amides is 2. The molecule has 0 aliphatic rings. The number of hydrogen-bond acceptors (Lipinski definition) is 4. The molecule has 162 valence electrons. The Labute approximate surface area is 191 Å². The predicted molar refractivity (Wildman–Crippen MR) is 127 cm³/mol. The maximum absolute atomic E-state index is 13.0. The van der Waals surface area contributed by atoms with E-state index in [0.29, 0.717) is 12.3 Å². The first-order valence-corrected chi connectivity index (χ1v) is 11.8. The third-order valence-corrected chi connectivity index (χ3v) is 6.03. The highest BCUT2D eigenvalue weighted by molar-refractivity contribution is 9.10. The number of carbonyl (C=O) groups excluding carboxylic acids is 2. The second kappa shape index (κ2) is 12.0. The van der Waals surface area contributed by atoms with E-state index in [1.165, 1.54) is 0 Å². The molecule has 0 radical (unpaired) electrons. The summed E-state index contributed by atoms with van der Waals surface area (Å²) < 4.78 is 6.23. The van der Waals surface area contributed by atoms with Gasteiger partial charge in [0.25, 0.3) is 0 Å². The second-order valence-electron chi connectivity index (χ2n) is 7.33. The van der Waals surface area contributed by atoms with Crippen molar-refractivity contribution in [2.24, 2.45) is 0 Å². The van der Waals surface area contributed by atoms with Crippen LogP contribution in [0.1, 0.15) is 31.9 Å². The molecule has 2 aromatic rings. The first-order valence-electron chi connectivity index (χ1n) is 9.85. The number of nitrogens with zero attached hydrogens (tertiary/aromatic N) is 1. The molecule has 0 aliphatic heterocycles. The molecule has 0 aliphatic carbocycles. The molecule has 1 atom stereocenters. The van der Waals surface area contributed by atoms with Crippen molar-refractivity contribution in [2.45, 2.75) is 45.2 Å². The normalized spacial score (nSPS) is 11.8. The van der Waals surface area contributed by atoms with Crippen molar-refractivity contribution in [1.29, 1.82) is 0 Å². The molecule has 2 aromatic carbocycles.